The van der Waals surface area contributed by atoms with Crippen LogP contribution in [0.1, 0.15) is 23.9 Å². The fourth-order valence-corrected chi connectivity index (χ4v) is 2.08. The zero-order valence-corrected chi connectivity index (χ0v) is 10.1. The highest BCUT2D eigenvalue weighted by atomic mass is 16.5. The summed E-state index contributed by atoms with van der Waals surface area (Å²) in [5.41, 5.74) is 2.42. The first-order valence-electron chi connectivity index (χ1n) is 5.64. The van der Waals surface area contributed by atoms with Gasteiger partial charge in [0, 0.05) is 37.3 Å². The molecule has 0 fully saturated rings. The third-order valence-electron chi connectivity index (χ3n) is 2.95. The van der Waals surface area contributed by atoms with Crippen LogP contribution >= 0.6 is 0 Å². The van der Waals surface area contributed by atoms with Gasteiger partial charge in [0.1, 0.15) is 0 Å². The average Bonchev–Trinajstić information content (AvgIpc) is 2.28. The number of pyridine rings is 1. The molecule has 17 heavy (non-hydrogen) atoms. The quantitative estimate of drug-likeness (QED) is 0.804. The Balaban J connectivity index is 2.43. The third-order valence-corrected chi connectivity index (χ3v) is 2.95. The monoisotopic (exact) mass is 236 g/mol. The van der Waals surface area contributed by atoms with Gasteiger partial charge < -0.3 is 14.6 Å². The summed E-state index contributed by atoms with van der Waals surface area (Å²) in [6.45, 7) is 5.48. The van der Waals surface area contributed by atoms with Gasteiger partial charge in [-0.3, -0.25) is 9.59 Å². The van der Waals surface area contributed by atoms with Crippen molar-refractivity contribution in [1.82, 2.24) is 9.88 Å². The van der Waals surface area contributed by atoms with E-state index in [1.807, 2.05) is 6.92 Å². The molecule has 1 amide bonds. The number of nitrogens with one attached hydrogen (secondary N) is 1. The van der Waals surface area contributed by atoms with Gasteiger partial charge in [-0.2, -0.15) is 0 Å². The molecule has 1 aromatic heterocycles. The molecule has 0 aromatic carbocycles. The number of fused-ring (bicyclic) bond motifs is 1. The van der Waals surface area contributed by atoms with Gasteiger partial charge in [-0.05, 0) is 6.92 Å². The maximum atomic E-state index is 11.9. The van der Waals surface area contributed by atoms with E-state index in [2.05, 4.69) is 9.88 Å². The summed E-state index contributed by atoms with van der Waals surface area (Å²) >= 11 is 0. The van der Waals surface area contributed by atoms with Crippen LogP contribution in [0, 0.1) is 6.92 Å². The highest BCUT2D eigenvalue weighted by molar-refractivity contribution is 5.72. The summed E-state index contributed by atoms with van der Waals surface area (Å²) in [4.78, 5) is 22.8. The Morgan fingerprint density at radius 2 is 2.35 bits per heavy atom. The highest BCUT2D eigenvalue weighted by Gasteiger charge is 2.17. The van der Waals surface area contributed by atoms with Gasteiger partial charge in [0.25, 0.3) is 0 Å². The Kier molecular flexibility index (Phi) is 3.28. The van der Waals surface area contributed by atoms with Crippen molar-refractivity contribution in [2.75, 3.05) is 6.61 Å². The van der Waals surface area contributed by atoms with Gasteiger partial charge >= 0.3 is 0 Å². The van der Waals surface area contributed by atoms with Crippen molar-refractivity contribution in [1.29, 1.82) is 0 Å². The number of nitrogens with zero attached hydrogens (tertiary/aromatic N) is 1. The molecule has 92 valence electrons. The molecule has 1 aromatic rings. The van der Waals surface area contributed by atoms with Crippen molar-refractivity contribution in [3.8, 4) is 0 Å². The molecule has 0 spiro atoms. The van der Waals surface area contributed by atoms with Crippen LogP contribution in [0.3, 0.4) is 0 Å². The summed E-state index contributed by atoms with van der Waals surface area (Å²) in [5.74, 6) is -0.138. The van der Waals surface area contributed by atoms with E-state index in [1.54, 1.807) is 6.07 Å². The van der Waals surface area contributed by atoms with Crippen molar-refractivity contribution >= 4 is 5.91 Å². The fraction of sp³-hybridized carbons (Fsp3) is 0.500. The standard InChI is InChI=1S/C12H16N2O3/c1-8-5-12(16)10(6-13-9(2)15)11-7-17-4-3-14(8)11/h5H,3-4,6-7H2,1-2H3,(H,13,15). The molecule has 1 aliphatic heterocycles. The number of amides is 1. The normalized spacial score (nSPS) is 14.2. The zero-order chi connectivity index (χ0) is 12.4. The van der Waals surface area contributed by atoms with E-state index >= 15 is 0 Å². The summed E-state index contributed by atoms with van der Waals surface area (Å²) in [7, 11) is 0. The Hall–Kier alpha value is -1.62. The van der Waals surface area contributed by atoms with Gasteiger partial charge in [-0.1, -0.05) is 0 Å². The second kappa shape index (κ2) is 4.71. The lowest BCUT2D eigenvalue weighted by molar-refractivity contribution is -0.119. The minimum absolute atomic E-state index is 0.0343. The topological polar surface area (TPSA) is 60.3 Å². The molecule has 5 nitrogen and oxygen atoms in total. The van der Waals surface area contributed by atoms with E-state index < -0.39 is 0 Å². The van der Waals surface area contributed by atoms with Crippen molar-refractivity contribution < 1.29 is 9.53 Å². The average molecular weight is 236 g/mol. The molecule has 0 saturated heterocycles. The number of rotatable bonds is 2. The first-order chi connectivity index (χ1) is 8.09. The number of carbonyl (C=O) groups excluding carboxylic acids is 1. The van der Waals surface area contributed by atoms with E-state index in [0.29, 0.717) is 18.8 Å². The fourth-order valence-electron chi connectivity index (χ4n) is 2.08. The molecule has 0 unspecified atom stereocenters. The predicted molar refractivity (Wildman–Crippen MR) is 62.6 cm³/mol. The molecule has 1 aliphatic rings. The Morgan fingerprint density at radius 1 is 1.59 bits per heavy atom. The van der Waals surface area contributed by atoms with E-state index in [4.69, 9.17) is 4.74 Å². The van der Waals surface area contributed by atoms with Gasteiger partial charge in [-0.25, -0.2) is 0 Å². The molecule has 0 saturated carbocycles. The lowest BCUT2D eigenvalue weighted by Crippen LogP contribution is -2.31. The molecule has 0 bridgehead atoms. The molecule has 5 heteroatoms. The minimum Gasteiger partial charge on any atom is -0.373 e. The van der Waals surface area contributed by atoms with Crippen molar-refractivity contribution in [3.63, 3.8) is 0 Å². The second-order valence-electron chi connectivity index (χ2n) is 4.19. The molecule has 0 atom stereocenters. The second-order valence-corrected chi connectivity index (χ2v) is 4.19. The predicted octanol–water partition coefficient (Wildman–Crippen LogP) is 0.323. The van der Waals surface area contributed by atoms with Crippen LogP contribution in [-0.2, 0) is 29.2 Å². The Bertz CT molecular complexity index is 505. The number of aromatic nitrogens is 1. The molecule has 0 aliphatic carbocycles. The lowest BCUT2D eigenvalue weighted by atomic mass is 10.1. The van der Waals surface area contributed by atoms with Crippen LogP contribution in [-0.4, -0.2) is 17.1 Å². The van der Waals surface area contributed by atoms with Crippen LogP contribution in [0.2, 0.25) is 0 Å². The van der Waals surface area contributed by atoms with Gasteiger partial charge in [0.15, 0.2) is 5.43 Å². The van der Waals surface area contributed by atoms with Gasteiger partial charge in [-0.15, -0.1) is 0 Å². The summed E-state index contributed by atoms with van der Waals surface area (Å²) in [6.07, 6.45) is 0. The van der Waals surface area contributed by atoms with Crippen molar-refractivity contribution in [3.05, 3.63) is 33.2 Å². The van der Waals surface area contributed by atoms with Crippen molar-refractivity contribution in [2.45, 2.75) is 33.5 Å². The van der Waals surface area contributed by atoms with Crippen molar-refractivity contribution in [2.24, 2.45) is 0 Å². The van der Waals surface area contributed by atoms with E-state index in [-0.39, 0.29) is 17.9 Å². The summed E-state index contributed by atoms with van der Waals surface area (Å²) in [5, 5.41) is 2.66. The van der Waals surface area contributed by atoms with Crippen LogP contribution in [0.4, 0.5) is 0 Å². The number of ether oxygens (including phenoxy) is 1. The van der Waals surface area contributed by atoms with Gasteiger partial charge in [0.2, 0.25) is 5.91 Å². The van der Waals surface area contributed by atoms with E-state index in [9.17, 15) is 9.59 Å². The smallest absolute Gasteiger partial charge is 0.217 e. The van der Waals surface area contributed by atoms with E-state index in [1.165, 1.54) is 6.92 Å². The molecule has 2 heterocycles. The largest absolute Gasteiger partial charge is 0.373 e. The first-order valence-corrected chi connectivity index (χ1v) is 5.64. The van der Waals surface area contributed by atoms with E-state index in [0.717, 1.165) is 17.9 Å². The Morgan fingerprint density at radius 3 is 3.06 bits per heavy atom. The maximum Gasteiger partial charge on any atom is 0.217 e. The minimum atomic E-state index is -0.138. The van der Waals surface area contributed by atoms with Crippen LogP contribution in [0.25, 0.3) is 0 Å². The molecule has 0 radical (unpaired) electrons. The lowest BCUT2D eigenvalue weighted by Gasteiger charge is -2.24. The maximum absolute atomic E-state index is 11.9. The number of hydrogen-bond donors (Lipinski definition) is 1. The van der Waals surface area contributed by atoms with Gasteiger partial charge in [0.05, 0.1) is 18.9 Å². The van der Waals surface area contributed by atoms with Crippen LogP contribution in [0.15, 0.2) is 10.9 Å². The zero-order valence-electron chi connectivity index (χ0n) is 10.1. The molecular formula is C12H16N2O3. The number of hydrogen-bond acceptors (Lipinski definition) is 3. The first kappa shape index (κ1) is 11.9. The molecule has 1 N–H and O–H groups in total. The Labute approximate surface area is 99.4 Å². The molecular weight excluding hydrogens is 220 g/mol. The van der Waals surface area contributed by atoms with Crippen LogP contribution in [0.5, 0.6) is 0 Å². The van der Waals surface area contributed by atoms with Crippen LogP contribution < -0.4 is 10.7 Å². The number of carbonyl (C=O) groups is 1. The SMILES string of the molecule is CC(=O)NCc1c2n(c(C)cc1=O)CCOC2. The highest BCUT2D eigenvalue weighted by Crippen LogP contribution is 2.14. The number of aryl methyl sites for hydroxylation is 1. The third kappa shape index (κ3) is 2.39. The molecule has 2 rings (SSSR count). The summed E-state index contributed by atoms with van der Waals surface area (Å²) in [6, 6.07) is 1.62. The summed E-state index contributed by atoms with van der Waals surface area (Å²) < 4.78 is 7.47.